The lowest BCUT2D eigenvalue weighted by Crippen LogP contribution is -2.12. The average Bonchev–Trinajstić information content (AvgIpc) is 2.95. The molecule has 1 aromatic carbocycles. The molecule has 0 aromatic heterocycles. The fraction of sp³-hybridized carbons (Fsp3) is 0.500. The number of esters is 1. The first-order valence-electron chi connectivity index (χ1n) is 7.64. The molecule has 1 saturated carbocycles. The Hall–Kier alpha value is -1.62. The summed E-state index contributed by atoms with van der Waals surface area (Å²) in [5, 5.41) is 0. The lowest BCUT2D eigenvalue weighted by atomic mass is 10.1. The van der Waals surface area contributed by atoms with Gasteiger partial charge in [-0.1, -0.05) is 43.7 Å². The zero-order valence-corrected chi connectivity index (χ0v) is 15.1. The Morgan fingerprint density at radius 3 is 2.43 bits per heavy atom. The number of ether oxygens (including phenoxy) is 1. The van der Waals surface area contributed by atoms with Gasteiger partial charge < -0.3 is 4.74 Å². The molecule has 0 unspecified atom stereocenters. The molecule has 5 heteroatoms. The van der Waals surface area contributed by atoms with E-state index in [0.29, 0.717) is 5.56 Å². The normalized spacial score (nSPS) is 22.3. The van der Waals surface area contributed by atoms with Gasteiger partial charge in [0.25, 0.3) is 0 Å². The quantitative estimate of drug-likeness (QED) is 0.611. The lowest BCUT2D eigenvalue weighted by molar-refractivity contribution is -0.147. The van der Waals surface area contributed by atoms with Crippen molar-refractivity contribution in [2.45, 2.75) is 39.2 Å². The van der Waals surface area contributed by atoms with Gasteiger partial charge in [0.1, 0.15) is 6.61 Å². The number of carbonyl (C=O) groups excluding carboxylic acids is 1. The fourth-order valence-electron chi connectivity index (χ4n) is 3.02. The van der Waals surface area contributed by atoms with Gasteiger partial charge >= 0.3 is 5.97 Å². The third kappa shape index (κ3) is 3.83. The summed E-state index contributed by atoms with van der Waals surface area (Å²) < 4.78 is 28.9. The highest BCUT2D eigenvalue weighted by atomic mass is 32.2. The number of hydrogen-bond donors (Lipinski definition) is 0. The van der Waals surface area contributed by atoms with Crippen LogP contribution in [-0.4, -0.2) is 20.6 Å². The van der Waals surface area contributed by atoms with Crippen LogP contribution < -0.4 is 0 Å². The first-order chi connectivity index (χ1) is 10.5. The highest BCUT2D eigenvalue weighted by Gasteiger charge is 2.61. The monoisotopic (exact) mass is 336 g/mol. The average molecular weight is 336 g/mol. The molecule has 126 valence electrons. The summed E-state index contributed by atoms with van der Waals surface area (Å²) in [7, 11) is -3.34. The zero-order valence-electron chi connectivity index (χ0n) is 14.3. The maximum atomic E-state index is 12.3. The van der Waals surface area contributed by atoms with Crippen LogP contribution >= 0.6 is 0 Å². The Morgan fingerprint density at radius 2 is 1.87 bits per heavy atom. The van der Waals surface area contributed by atoms with Crippen molar-refractivity contribution in [2.75, 3.05) is 6.26 Å². The van der Waals surface area contributed by atoms with Crippen LogP contribution in [0, 0.1) is 17.3 Å². The number of carbonyl (C=O) groups is 1. The van der Waals surface area contributed by atoms with Crippen molar-refractivity contribution >= 4 is 15.8 Å². The van der Waals surface area contributed by atoms with Gasteiger partial charge in [0.2, 0.25) is 0 Å². The van der Waals surface area contributed by atoms with E-state index in [1.54, 1.807) is 18.2 Å². The first-order valence-corrected chi connectivity index (χ1v) is 9.54. The molecule has 2 atom stereocenters. The van der Waals surface area contributed by atoms with Crippen molar-refractivity contribution in [3.8, 4) is 0 Å². The van der Waals surface area contributed by atoms with Crippen molar-refractivity contribution in [2.24, 2.45) is 17.3 Å². The first kappa shape index (κ1) is 17.7. The topological polar surface area (TPSA) is 60.4 Å². The van der Waals surface area contributed by atoms with Gasteiger partial charge in [-0.25, -0.2) is 8.42 Å². The van der Waals surface area contributed by atoms with E-state index >= 15 is 0 Å². The highest BCUT2D eigenvalue weighted by molar-refractivity contribution is 7.90. The minimum Gasteiger partial charge on any atom is -0.461 e. The third-order valence-corrected chi connectivity index (χ3v) is 5.62. The van der Waals surface area contributed by atoms with Gasteiger partial charge in [0, 0.05) is 11.8 Å². The molecule has 1 aliphatic rings. The van der Waals surface area contributed by atoms with Crippen LogP contribution in [0.1, 0.15) is 33.3 Å². The largest absolute Gasteiger partial charge is 0.461 e. The molecule has 0 N–H and O–H groups in total. The molecule has 2 rings (SSSR count). The fourth-order valence-corrected chi connectivity index (χ4v) is 3.95. The Balaban J connectivity index is 2.09. The molecule has 4 nitrogen and oxygen atoms in total. The second-order valence-corrected chi connectivity index (χ2v) is 9.04. The van der Waals surface area contributed by atoms with E-state index < -0.39 is 9.84 Å². The van der Waals surface area contributed by atoms with E-state index in [1.165, 1.54) is 11.6 Å². The molecule has 0 bridgehead atoms. The SMILES string of the molecule is CC(C)=C[C@H]1[C@@H](C(=O)OCc2ccccc2S(C)(=O)=O)C1(C)C. The van der Waals surface area contributed by atoms with Gasteiger partial charge in [-0.2, -0.15) is 0 Å². The van der Waals surface area contributed by atoms with E-state index in [-0.39, 0.29) is 34.7 Å². The van der Waals surface area contributed by atoms with Crippen molar-refractivity contribution in [1.29, 1.82) is 0 Å². The summed E-state index contributed by atoms with van der Waals surface area (Å²) in [6.07, 6.45) is 3.26. The minimum absolute atomic E-state index is 0.0177. The minimum atomic E-state index is -3.34. The van der Waals surface area contributed by atoms with Crippen molar-refractivity contribution in [1.82, 2.24) is 0 Å². The van der Waals surface area contributed by atoms with Gasteiger partial charge in [-0.05, 0) is 31.2 Å². The van der Waals surface area contributed by atoms with E-state index in [2.05, 4.69) is 6.08 Å². The Morgan fingerprint density at radius 1 is 1.26 bits per heavy atom. The number of benzene rings is 1. The number of sulfone groups is 1. The van der Waals surface area contributed by atoms with Crippen LogP contribution in [0.15, 0.2) is 40.8 Å². The summed E-state index contributed by atoms with van der Waals surface area (Å²) in [5.41, 5.74) is 1.59. The third-order valence-electron chi connectivity index (χ3n) is 4.42. The molecule has 1 aromatic rings. The molecular formula is C18H24O4S. The number of rotatable bonds is 5. The molecule has 1 aliphatic carbocycles. The van der Waals surface area contributed by atoms with Gasteiger partial charge in [-0.3, -0.25) is 4.79 Å². The van der Waals surface area contributed by atoms with Crippen LogP contribution in [0.3, 0.4) is 0 Å². The standard InChI is InChI=1S/C18H24O4S/c1-12(2)10-14-16(18(14,3)4)17(19)22-11-13-8-6-7-9-15(13)23(5,20)21/h6-10,14,16H,11H2,1-5H3/t14-,16-/m0/s1. The van der Waals surface area contributed by atoms with Crippen molar-refractivity contribution in [3.63, 3.8) is 0 Å². The van der Waals surface area contributed by atoms with Crippen LogP contribution in [0.2, 0.25) is 0 Å². The van der Waals surface area contributed by atoms with Crippen LogP contribution in [0.5, 0.6) is 0 Å². The number of hydrogen-bond acceptors (Lipinski definition) is 4. The summed E-state index contributed by atoms with van der Waals surface area (Å²) in [6, 6.07) is 6.61. The molecule has 0 saturated heterocycles. The highest BCUT2D eigenvalue weighted by Crippen LogP contribution is 2.59. The Kier molecular flexibility index (Phi) is 4.71. The van der Waals surface area contributed by atoms with E-state index in [1.807, 2.05) is 27.7 Å². The maximum Gasteiger partial charge on any atom is 0.310 e. The summed E-state index contributed by atoms with van der Waals surface area (Å²) in [6.45, 7) is 8.11. The molecular weight excluding hydrogens is 312 g/mol. The molecule has 1 fully saturated rings. The van der Waals surface area contributed by atoms with E-state index in [0.717, 1.165) is 6.26 Å². The molecule has 0 amide bonds. The summed E-state index contributed by atoms with van der Waals surface area (Å²) in [4.78, 5) is 12.6. The van der Waals surface area contributed by atoms with Crippen molar-refractivity contribution in [3.05, 3.63) is 41.5 Å². The second kappa shape index (κ2) is 6.11. The second-order valence-electron chi connectivity index (χ2n) is 7.06. The predicted molar refractivity (Wildman–Crippen MR) is 89.5 cm³/mol. The van der Waals surface area contributed by atoms with E-state index in [4.69, 9.17) is 4.74 Å². The van der Waals surface area contributed by atoms with Gasteiger partial charge in [0.05, 0.1) is 10.8 Å². The molecule has 0 aliphatic heterocycles. The maximum absolute atomic E-state index is 12.3. The lowest BCUT2D eigenvalue weighted by Gasteiger charge is -2.09. The van der Waals surface area contributed by atoms with Gasteiger partial charge in [0.15, 0.2) is 9.84 Å². The Labute approximate surface area is 138 Å². The molecule has 0 radical (unpaired) electrons. The van der Waals surface area contributed by atoms with Crippen LogP contribution in [0.4, 0.5) is 0 Å². The molecule has 23 heavy (non-hydrogen) atoms. The smallest absolute Gasteiger partial charge is 0.310 e. The van der Waals surface area contributed by atoms with Crippen LogP contribution in [0.25, 0.3) is 0 Å². The van der Waals surface area contributed by atoms with E-state index in [9.17, 15) is 13.2 Å². The zero-order chi connectivity index (χ0) is 17.4. The predicted octanol–water partition coefficient (Wildman–Crippen LogP) is 3.37. The Bertz CT molecular complexity index is 740. The van der Waals surface area contributed by atoms with Crippen LogP contribution in [-0.2, 0) is 26.0 Å². The van der Waals surface area contributed by atoms with Gasteiger partial charge in [-0.15, -0.1) is 0 Å². The number of allylic oxidation sites excluding steroid dienone is 2. The summed E-state index contributed by atoms with van der Waals surface area (Å²) >= 11 is 0. The molecule has 0 spiro atoms. The summed E-state index contributed by atoms with van der Waals surface area (Å²) in [5.74, 6) is -0.242. The van der Waals surface area contributed by atoms with Crippen molar-refractivity contribution < 1.29 is 17.9 Å². The molecule has 0 heterocycles.